The molecule has 0 radical (unpaired) electrons. The second-order valence-corrected chi connectivity index (χ2v) is 7.36. The van der Waals surface area contributed by atoms with Gasteiger partial charge in [-0.2, -0.15) is 0 Å². The summed E-state index contributed by atoms with van der Waals surface area (Å²) in [4.78, 5) is 0. The van der Waals surface area contributed by atoms with Gasteiger partial charge in [-0.15, -0.1) is 0 Å². The van der Waals surface area contributed by atoms with Crippen molar-refractivity contribution in [2.45, 2.75) is 18.1 Å². The predicted molar refractivity (Wildman–Crippen MR) is 77.6 cm³/mol. The minimum atomic E-state index is -3.41. The molecule has 1 fully saturated rings. The Morgan fingerprint density at radius 3 is 2.83 bits per heavy atom. The van der Waals surface area contributed by atoms with E-state index in [1.807, 2.05) is 22.6 Å². The third-order valence-electron chi connectivity index (χ3n) is 2.87. The van der Waals surface area contributed by atoms with E-state index in [9.17, 15) is 12.8 Å². The molecule has 0 aliphatic carbocycles. The van der Waals surface area contributed by atoms with Gasteiger partial charge >= 0.3 is 0 Å². The van der Waals surface area contributed by atoms with Crippen molar-refractivity contribution in [1.29, 1.82) is 0 Å². The second-order valence-electron chi connectivity index (χ2n) is 4.24. The molecule has 1 aromatic rings. The van der Waals surface area contributed by atoms with Gasteiger partial charge in [0.15, 0.2) is 0 Å². The highest BCUT2D eigenvalue weighted by molar-refractivity contribution is 14.1. The van der Waals surface area contributed by atoms with Crippen molar-refractivity contribution < 1.29 is 12.8 Å². The summed E-state index contributed by atoms with van der Waals surface area (Å²) >= 11 is 1.91. The number of hydrogen-bond donors (Lipinski definition) is 2. The maximum atomic E-state index is 12.9. The molecule has 2 N–H and O–H groups in total. The molecule has 1 saturated heterocycles. The summed E-state index contributed by atoms with van der Waals surface area (Å²) in [5, 5.41) is 2.65. The summed E-state index contributed by atoms with van der Waals surface area (Å²) in [6.45, 7) is 1.33. The Balaban J connectivity index is 2.16. The lowest BCUT2D eigenvalue weighted by molar-refractivity contribution is 0.499. The Labute approximate surface area is 120 Å². The fourth-order valence-electron chi connectivity index (χ4n) is 1.89. The van der Waals surface area contributed by atoms with Crippen LogP contribution in [0.5, 0.6) is 0 Å². The molecule has 1 aliphatic heterocycles. The van der Waals surface area contributed by atoms with Gasteiger partial charge in [-0.3, -0.25) is 4.72 Å². The number of anilines is 1. The van der Waals surface area contributed by atoms with E-state index in [2.05, 4.69) is 10.0 Å². The maximum absolute atomic E-state index is 12.9. The van der Waals surface area contributed by atoms with Crippen LogP contribution in [-0.2, 0) is 10.0 Å². The van der Waals surface area contributed by atoms with Crippen LogP contribution in [0.2, 0.25) is 0 Å². The number of benzene rings is 1. The van der Waals surface area contributed by atoms with E-state index in [1.54, 1.807) is 0 Å². The topological polar surface area (TPSA) is 58.2 Å². The molecule has 0 spiro atoms. The lowest BCUT2D eigenvalue weighted by Gasteiger charge is -2.23. The van der Waals surface area contributed by atoms with Gasteiger partial charge in [-0.1, -0.05) is 0 Å². The molecular weight excluding hydrogens is 370 g/mol. The molecule has 18 heavy (non-hydrogen) atoms. The fourth-order valence-corrected chi connectivity index (χ4v) is 4.15. The average Bonchev–Trinajstić information content (AvgIpc) is 2.34. The van der Waals surface area contributed by atoms with Gasteiger partial charge in [0.2, 0.25) is 10.0 Å². The van der Waals surface area contributed by atoms with Crippen molar-refractivity contribution in [2.24, 2.45) is 0 Å². The molecule has 0 aromatic heterocycles. The highest BCUT2D eigenvalue weighted by atomic mass is 127. The fraction of sp³-hybridized carbons (Fsp3) is 0.455. The van der Waals surface area contributed by atoms with Crippen LogP contribution in [0.1, 0.15) is 12.8 Å². The average molecular weight is 384 g/mol. The van der Waals surface area contributed by atoms with Crippen LogP contribution in [0.15, 0.2) is 18.2 Å². The standard InChI is InChI=1S/C11H14FIN2O2S/c12-8-3-4-11(10(13)6-8)15-18(16,17)9-2-1-5-14-7-9/h3-4,6,9,14-15H,1-2,5,7H2. The maximum Gasteiger partial charge on any atom is 0.236 e. The molecule has 1 atom stereocenters. The molecular formula is C11H14FIN2O2S. The molecule has 1 heterocycles. The monoisotopic (exact) mass is 384 g/mol. The van der Waals surface area contributed by atoms with Gasteiger partial charge in [0.05, 0.1) is 10.9 Å². The summed E-state index contributed by atoms with van der Waals surface area (Å²) in [7, 11) is -3.41. The molecule has 1 aromatic carbocycles. The van der Waals surface area contributed by atoms with E-state index in [4.69, 9.17) is 0 Å². The van der Waals surface area contributed by atoms with Gasteiger partial charge in [0, 0.05) is 10.1 Å². The van der Waals surface area contributed by atoms with Crippen LogP contribution >= 0.6 is 22.6 Å². The minimum absolute atomic E-state index is 0.373. The number of piperidine rings is 1. The van der Waals surface area contributed by atoms with Crippen molar-refractivity contribution in [3.05, 3.63) is 27.6 Å². The summed E-state index contributed by atoms with van der Waals surface area (Å²) in [6.07, 6.45) is 1.51. The van der Waals surface area contributed by atoms with E-state index in [1.165, 1.54) is 18.2 Å². The molecule has 2 rings (SSSR count). The van der Waals surface area contributed by atoms with Crippen LogP contribution in [0.3, 0.4) is 0 Å². The van der Waals surface area contributed by atoms with E-state index in [0.717, 1.165) is 13.0 Å². The van der Waals surface area contributed by atoms with Crippen molar-refractivity contribution >= 4 is 38.3 Å². The van der Waals surface area contributed by atoms with Crippen molar-refractivity contribution in [3.8, 4) is 0 Å². The summed E-state index contributed by atoms with van der Waals surface area (Å²) in [5.41, 5.74) is 0.433. The number of halogens is 2. The first-order valence-corrected chi connectivity index (χ1v) is 8.29. The zero-order valence-electron chi connectivity index (χ0n) is 9.62. The highest BCUT2D eigenvalue weighted by Gasteiger charge is 2.27. The smallest absolute Gasteiger partial charge is 0.236 e. The third-order valence-corrected chi connectivity index (χ3v) is 5.55. The van der Waals surface area contributed by atoms with Crippen molar-refractivity contribution in [2.75, 3.05) is 17.8 Å². The molecule has 0 saturated carbocycles. The zero-order chi connectivity index (χ0) is 13.2. The van der Waals surface area contributed by atoms with Gasteiger partial charge in [0.25, 0.3) is 0 Å². The summed E-state index contributed by atoms with van der Waals surface area (Å²) in [5.74, 6) is -0.373. The van der Waals surface area contributed by atoms with Gasteiger partial charge in [-0.25, -0.2) is 12.8 Å². The van der Waals surface area contributed by atoms with Crippen LogP contribution in [0.25, 0.3) is 0 Å². The van der Waals surface area contributed by atoms with Crippen LogP contribution in [0.4, 0.5) is 10.1 Å². The van der Waals surface area contributed by atoms with E-state index < -0.39 is 15.3 Å². The molecule has 0 bridgehead atoms. The van der Waals surface area contributed by atoms with Crippen molar-refractivity contribution in [1.82, 2.24) is 5.32 Å². The first-order chi connectivity index (χ1) is 8.49. The third kappa shape index (κ3) is 3.33. The molecule has 7 heteroatoms. The zero-order valence-corrected chi connectivity index (χ0v) is 12.6. The van der Waals surface area contributed by atoms with Crippen LogP contribution in [-0.4, -0.2) is 26.8 Å². The Morgan fingerprint density at radius 2 is 2.22 bits per heavy atom. The van der Waals surface area contributed by atoms with E-state index in [0.29, 0.717) is 22.2 Å². The lowest BCUT2D eigenvalue weighted by Crippen LogP contribution is -2.41. The molecule has 1 unspecified atom stereocenters. The Bertz CT molecular complexity index is 530. The summed E-state index contributed by atoms with van der Waals surface area (Å²) < 4.78 is 40.3. The molecule has 1 aliphatic rings. The molecule has 0 amide bonds. The van der Waals surface area contributed by atoms with Crippen molar-refractivity contribution in [3.63, 3.8) is 0 Å². The first-order valence-electron chi connectivity index (χ1n) is 5.66. The lowest BCUT2D eigenvalue weighted by atomic mass is 10.2. The Kier molecular flexibility index (Phi) is 4.44. The molecule has 4 nitrogen and oxygen atoms in total. The minimum Gasteiger partial charge on any atom is -0.315 e. The Morgan fingerprint density at radius 1 is 1.44 bits per heavy atom. The SMILES string of the molecule is O=S(=O)(Nc1ccc(F)cc1I)C1CCCNC1. The van der Waals surface area contributed by atoms with Gasteiger partial charge < -0.3 is 5.32 Å². The Hall–Kier alpha value is -0.410. The first kappa shape index (κ1) is 14.0. The van der Waals surface area contributed by atoms with E-state index in [-0.39, 0.29) is 5.82 Å². The highest BCUT2D eigenvalue weighted by Crippen LogP contribution is 2.22. The number of rotatable bonds is 3. The summed E-state index contributed by atoms with van der Waals surface area (Å²) in [6, 6.07) is 4.00. The second kappa shape index (κ2) is 5.70. The predicted octanol–water partition coefficient (Wildman–Crippen LogP) is 1.92. The van der Waals surface area contributed by atoms with Gasteiger partial charge in [0.1, 0.15) is 5.82 Å². The quantitative estimate of drug-likeness (QED) is 0.784. The van der Waals surface area contributed by atoms with Crippen LogP contribution < -0.4 is 10.0 Å². The molecule has 100 valence electrons. The normalized spacial score (nSPS) is 20.7. The number of hydrogen-bond acceptors (Lipinski definition) is 3. The van der Waals surface area contributed by atoms with Gasteiger partial charge in [-0.05, 0) is 60.2 Å². The van der Waals surface area contributed by atoms with E-state index >= 15 is 0 Å². The number of nitrogens with one attached hydrogen (secondary N) is 2. The number of sulfonamides is 1. The van der Waals surface area contributed by atoms with Crippen LogP contribution in [0, 0.1) is 9.39 Å². The largest absolute Gasteiger partial charge is 0.315 e.